The van der Waals surface area contributed by atoms with E-state index in [0.29, 0.717) is 29.1 Å². The number of rotatable bonds is 3. The number of aromatic nitrogens is 6. The molecule has 122 valence electrons. The Kier molecular flexibility index (Phi) is 2.66. The highest BCUT2D eigenvalue weighted by Gasteiger charge is 2.63. The van der Waals surface area contributed by atoms with Crippen molar-refractivity contribution in [2.24, 2.45) is 0 Å². The Balaban J connectivity index is 1.57. The van der Waals surface area contributed by atoms with Gasteiger partial charge in [0, 0.05) is 29.3 Å². The monoisotopic (exact) mass is 346 g/mol. The number of hydrogen-bond acceptors (Lipinski definition) is 4. The van der Waals surface area contributed by atoms with E-state index in [1.807, 2.05) is 4.57 Å². The number of nitrogens with zero attached hydrogens (tertiary/aromatic N) is 4. The molecule has 9 heteroatoms. The summed E-state index contributed by atoms with van der Waals surface area (Å²) >= 11 is 5.40. The number of aromatic amines is 2. The van der Waals surface area contributed by atoms with Crippen LogP contribution in [-0.4, -0.2) is 30.2 Å². The molecule has 0 saturated heterocycles. The van der Waals surface area contributed by atoms with E-state index < -0.39 is 11.2 Å². The van der Waals surface area contributed by atoms with Crippen molar-refractivity contribution < 1.29 is 8.78 Å². The number of imidazole rings is 1. The zero-order valence-electron chi connectivity index (χ0n) is 12.4. The summed E-state index contributed by atoms with van der Waals surface area (Å²) in [5, 5.41) is 13.8. The third-order valence-corrected chi connectivity index (χ3v) is 5.47. The van der Waals surface area contributed by atoms with Gasteiger partial charge in [0.15, 0.2) is 10.6 Å². The van der Waals surface area contributed by atoms with E-state index >= 15 is 0 Å². The van der Waals surface area contributed by atoms with Crippen LogP contribution in [0.25, 0.3) is 0 Å². The van der Waals surface area contributed by atoms with Gasteiger partial charge in [-0.05, 0) is 52.8 Å². The summed E-state index contributed by atoms with van der Waals surface area (Å²) in [6.07, 6.45) is 1.29. The van der Waals surface area contributed by atoms with Gasteiger partial charge in [-0.3, -0.25) is 0 Å². The molecule has 6 nitrogen and oxygen atoms in total. The van der Waals surface area contributed by atoms with Crippen molar-refractivity contribution >= 4 is 12.2 Å². The van der Waals surface area contributed by atoms with Gasteiger partial charge in [-0.25, -0.2) is 13.9 Å². The van der Waals surface area contributed by atoms with Crippen molar-refractivity contribution in [1.82, 2.24) is 30.2 Å². The lowest BCUT2D eigenvalue weighted by Crippen LogP contribution is -2.14. The van der Waals surface area contributed by atoms with Crippen LogP contribution in [0.5, 0.6) is 0 Å². The zero-order chi connectivity index (χ0) is 16.5. The van der Waals surface area contributed by atoms with Crippen LogP contribution in [0.4, 0.5) is 8.78 Å². The van der Waals surface area contributed by atoms with Gasteiger partial charge in [-0.15, -0.1) is 5.10 Å². The fraction of sp³-hybridized carbons (Fsp3) is 0.333. The van der Waals surface area contributed by atoms with Crippen molar-refractivity contribution in [3.63, 3.8) is 0 Å². The zero-order valence-corrected chi connectivity index (χ0v) is 13.2. The summed E-state index contributed by atoms with van der Waals surface area (Å²) in [6.45, 7) is 0.567. The molecular formula is C15H12F2N6S. The molecule has 2 aliphatic rings. The molecule has 0 amide bonds. The molecule has 2 N–H and O–H groups in total. The van der Waals surface area contributed by atoms with E-state index in [1.54, 1.807) is 0 Å². The third-order valence-electron chi connectivity index (χ3n) is 5.15. The maximum absolute atomic E-state index is 14.3. The van der Waals surface area contributed by atoms with Crippen LogP contribution < -0.4 is 0 Å². The van der Waals surface area contributed by atoms with Gasteiger partial charge in [0.1, 0.15) is 11.6 Å². The van der Waals surface area contributed by atoms with Crippen molar-refractivity contribution in [2.45, 2.75) is 30.7 Å². The highest BCUT2D eigenvalue weighted by Crippen LogP contribution is 2.66. The van der Waals surface area contributed by atoms with Crippen molar-refractivity contribution in [1.29, 1.82) is 0 Å². The van der Waals surface area contributed by atoms with E-state index in [-0.39, 0.29) is 11.7 Å². The first kappa shape index (κ1) is 14.0. The molecule has 0 spiro atoms. The molecule has 1 aromatic carbocycles. The van der Waals surface area contributed by atoms with E-state index in [4.69, 9.17) is 12.2 Å². The van der Waals surface area contributed by atoms with E-state index in [9.17, 15) is 8.78 Å². The lowest BCUT2D eigenvalue weighted by Gasteiger charge is -2.14. The number of H-pyrrole nitrogens is 2. The topological polar surface area (TPSA) is 75.2 Å². The Morgan fingerprint density at radius 2 is 2.25 bits per heavy atom. The molecule has 0 radical (unpaired) electrons. The molecule has 5 rings (SSSR count). The van der Waals surface area contributed by atoms with Crippen LogP contribution in [0, 0.1) is 16.4 Å². The first-order valence-electron chi connectivity index (χ1n) is 7.58. The highest BCUT2D eigenvalue weighted by molar-refractivity contribution is 7.71. The van der Waals surface area contributed by atoms with Crippen LogP contribution in [0.3, 0.4) is 0 Å². The van der Waals surface area contributed by atoms with E-state index in [2.05, 4.69) is 25.6 Å². The summed E-state index contributed by atoms with van der Waals surface area (Å²) in [7, 11) is 0. The standard InChI is InChI=1S/C15H12F2N6S/c16-7-1-2-10(17)8(3-7)15-5-9(15)13-11(4-12-19-21-22-20-12)18-14(24)23(13)6-15/h1-3,9H,4-6H2,(H,18,24)(H,19,20,21,22)/t9-,15+/m0/s1. The number of hydrogen-bond donors (Lipinski definition) is 2. The number of fused-ring (bicyclic) bond motifs is 3. The van der Waals surface area contributed by atoms with Crippen molar-refractivity contribution in [3.05, 3.63) is 57.4 Å². The Morgan fingerprint density at radius 3 is 3.04 bits per heavy atom. The average molecular weight is 346 g/mol. The molecular weight excluding hydrogens is 334 g/mol. The third kappa shape index (κ3) is 1.78. The van der Waals surface area contributed by atoms with Crippen LogP contribution in [0.1, 0.15) is 35.1 Å². The largest absolute Gasteiger partial charge is 0.334 e. The van der Waals surface area contributed by atoms with Crippen LogP contribution in [0.15, 0.2) is 18.2 Å². The maximum Gasteiger partial charge on any atom is 0.177 e. The lowest BCUT2D eigenvalue weighted by atomic mass is 9.93. The second-order valence-corrected chi connectivity index (χ2v) is 6.83. The minimum absolute atomic E-state index is 0.132. The first-order chi connectivity index (χ1) is 11.6. The molecule has 1 fully saturated rings. The summed E-state index contributed by atoms with van der Waals surface area (Å²) in [4.78, 5) is 3.20. The number of tetrazole rings is 1. The van der Waals surface area contributed by atoms with E-state index in [1.165, 1.54) is 12.1 Å². The van der Waals surface area contributed by atoms with Gasteiger partial charge in [0.05, 0.1) is 6.42 Å². The number of nitrogens with one attached hydrogen (secondary N) is 2. The van der Waals surface area contributed by atoms with Gasteiger partial charge >= 0.3 is 0 Å². The van der Waals surface area contributed by atoms with Crippen molar-refractivity contribution in [3.8, 4) is 0 Å². The SMILES string of the molecule is Fc1ccc(F)c([C@]23C[C@H]2c2c(Cc4nnn[nH]4)[nH]c(=S)n2C3)c1. The van der Waals surface area contributed by atoms with Crippen LogP contribution in [0.2, 0.25) is 0 Å². The average Bonchev–Trinajstić information content (AvgIpc) is 2.92. The van der Waals surface area contributed by atoms with Gasteiger partial charge in [-0.2, -0.15) is 0 Å². The normalized spacial score (nSPS) is 24.0. The molecule has 2 atom stereocenters. The minimum atomic E-state index is -0.416. The lowest BCUT2D eigenvalue weighted by molar-refractivity contribution is 0.520. The molecule has 3 aromatic rings. The van der Waals surface area contributed by atoms with Gasteiger partial charge in [0.25, 0.3) is 0 Å². The highest BCUT2D eigenvalue weighted by atomic mass is 32.1. The summed E-state index contributed by atoms with van der Waals surface area (Å²) in [5.74, 6) is -0.0148. The molecule has 1 aliphatic heterocycles. The second-order valence-electron chi connectivity index (χ2n) is 6.44. The fourth-order valence-corrected chi connectivity index (χ4v) is 4.31. The van der Waals surface area contributed by atoms with Crippen molar-refractivity contribution in [2.75, 3.05) is 0 Å². The Bertz CT molecular complexity index is 1010. The second kappa shape index (κ2) is 4.56. The maximum atomic E-state index is 14.3. The minimum Gasteiger partial charge on any atom is -0.334 e. The summed E-state index contributed by atoms with van der Waals surface area (Å²) in [6, 6.07) is 3.66. The molecule has 3 heterocycles. The number of benzene rings is 1. The van der Waals surface area contributed by atoms with Gasteiger partial charge in [-0.1, -0.05) is 0 Å². The Labute approximate surface area is 139 Å². The van der Waals surface area contributed by atoms with Gasteiger partial charge in [0.2, 0.25) is 0 Å². The summed E-state index contributed by atoms with van der Waals surface area (Å²) < 4.78 is 30.5. The van der Waals surface area contributed by atoms with Crippen LogP contribution >= 0.6 is 12.2 Å². The predicted octanol–water partition coefficient (Wildman–Crippen LogP) is 2.37. The van der Waals surface area contributed by atoms with E-state index in [0.717, 1.165) is 23.9 Å². The first-order valence-corrected chi connectivity index (χ1v) is 7.99. The fourth-order valence-electron chi connectivity index (χ4n) is 4.03. The quantitative estimate of drug-likeness (QED) is 0.714. The predicted molar refractivity (Wildman–Crippen MR) is 82.0 cm³/mol. The van der Waals surface area contributed by atoms with Crippen LogP contribution in [-0.2, 0) is 18.4 Å². The Hall–Kier alpha value is -2.42. The molecule has 0 unspecified atom stereocenters. The Morgan fingerprint density at radius 1 is 1.38 bits per heavy atom. The molecule has 1 aliphatic carbocycles. The number of halogens is 2. The molecule has 2 aromatic heterocycles. The molecule has 0 bridgehead atoms. The molecule has 1 saturated carbocycles. The smallest absolute Gasteiger partial charge is 0.177 e. The molecule has 24 heavy (non-hydrogen) atoms. The van der Waals surface area contributed by atoms with Gasteiger partial charge < -0.3 is 9.55 Å². The summed E-state index contributed by atoms with van der Waals surface area (Å²) in [5.41, 5.74) is 2.04.